The second-order valence-electron chi connectivity index (χ2n) is 4.04. The minimum Gasteiger partial charge on any atom is -0.506 e. The van der Waals surface area contributed by atoms with Gasteiger partial charge in [0.05, 0.1) is 10.6 Å². The van der Waals surface area contributed by atoms with E-state index in [-0.39, 0.29) is 11.6 Å². The maximum atomic E-state index is 13.6. The Kier molecular flexibility index (Phi) is 3.54. The Bertz CT molecular complexity index is 708. The first-order chi connectivity index (χ1) is 9.63. The second-order valence-corrected chi connectivity index (χ2v) is 5.80. The molecule has 2 aromatic rings. The summed E-state index contributed by atoms with van der Waals surface area (Å²) >= 11 is 4.60. The van der Waals surface area contributed by atoms with Gasteiger partial charge in [-0.15, -0.1) is 0 Å². The Morgan fingerprint density at radius 2 is 2.10 bits per heavy atom. The maximum Gasteiger partial charge on any atom is 0.211 e. The van der Waals surface area contributed by atoms with Crippen LogP contribution in [0.15, 0.2) is 50.8 Å². The third-order valence-electron chi connectivity index (χ3n) is 2.63. The number of aromatic hydroxyl groups is 1. The Labute approximate surface area is 127 Å². The monoisotopic (exact) mass is 353 g/mol. The van der Waals surface area contributed by atoms with E-state index in [0.29, 0.717) is 17.3 Å². The van der Waals surface area contributed by atoms with E-state index < -0.39 is 0 Å². The molecule has 0 atom stereocenters. The molecule has 1 aliphatic rings. The van der Waals surface area contributed by atoms with Gasteiger partial charge in [-0.2, -0.15) is 0 Å². The van der Waals surface area contributed by atoms with E-state index in [2.05, 4.69) is 31.0 Å². The number of aliphatic imine (C=N–C) groups is 1. The number of nitrogens with zero attached hydrogens (tertiary/aromatic N) is 1. The average molecular weight is 354 g/mol. The molecule has 102 valence electrons. The van der Waals surface area contributed by atoms with Crippen molar-refractivity contribution in [1.29, 1.82) is 0 Å². The zero-order valence-corrected chi connectivity index (χ0v) is 12.4. The van der Waals surface area contributed by atoms with Crippen LogP contribution in [0, 0.1) is 5.82 Å². The summed E-state index contributed by atoms with van der Waals surface area (Å²) in [4.78, 5) is 5.05. The normalized spacial score (nSPS) is 13.2. The number of nitrogens with one attached hydrogen (secondary N) is 2. The van der Waals surface area contributed by atoms with Gasteiger partial charge >= 0.3 is 0 Å². The van der Waals surface area contributed by atoms with Crippen LogP contribution in [0.3, 0.4) is 0 Å². The molecular weight excluding hydrogens is 345 g/mol. The van der Waals surface area contributed by atoms with E-state index in [1.165, 1.54) is 18.0 Å². The summed E-state index contributed by atoms with van der Waals surface area (Å²) in [6, 6.07) is 9.72. The van der Waals surface area contributed by atoms with E-state index in [0.717, 1.165) is 9.37 Å². The van der Waals surface area contributed by atoms with Gasteiger partial charge in [0, 0.05) is 4.47 Å². The SMILES string of the molecule is Oc1cc(Br)cc2c1N=C(Nc1ccccc1F)NS2. The topological polar surface area (TPSA) is 56.7 Å². The Balaban J connectivity index is 1.93. The second kappa shape index (κ2) is 5.34. The molecule has 3 rings (SSSR count). The number of hydrogen-bond acceptors (Lipinski definition) is 5. The van der Waals surface area contributed by atoms with Gasteiger partial charge in [-0.25, -0.2) is 9.38 Å². The van der Waals surface area contributed by atoms with Crippen molar-refractivity contribution in [3.05, 3.63) is 46.7 Å². The van der Waals surface area contributed by atoms with Crippen LogP contribution in [0.2, 0.25) is 0 Å². The van der Waals surface area contributed by atoms with Crippen molar-refractivity contribution in [3.63, 3.8) is 0 Å². The predicted molar refractivity (Wildman–Crippen MR) is 81.9 cm³/mol. The van der Waals surface area contributed by atoms with Gasteiger partial charge in [0.15, 0.2) is 0 Å². The quantitative estimate of drug-likeness (QED) is 0.678. The minimum absolute atomic E-state index is 0.0659. The summed E-state index contributed by atoms with van der Waals surface area (Å²) in [7, 11) is 0. The van der Waals surface area contributed by atoms with E-state index >= 15 is 0 Å². The number of anilines is 1. The molecule has 0 fully saturated rings. The van der Waals surface area contributed by atoms with Crippen molar-refractivity contribution in [1.82, 2.24) is 4.72 Å². The third-order valence-corrected chi connectivity index (χ3v) is 3.91. The van der Waals surface area contributed by atoms with Crippen LogP contribution in [-0.2, 0) is 0 Å². The molecule has 0 saturated carbocycles. The number of fused-ring (bicyclic) bond motifs is 1. The molecule has 0 spiro atoms. The Morgan fingerprint density at radius 3 is 2.90 bits per heavy atom. The maximum absolute atomic E-state index is 13.6. The van der Waals surface area contributed by atoms with Gasteiger partial charge in [0.2, 0.25) is 5.96 Å². The molecular formula is C13H9BrFN3OS. The molecule has 0 amide bonds. The Morgan fingerprint density at radius 1 is 1.30 bits per heavy atom. The molecule has 1 aliphatic heterocycles. The largest absolute Gasteiger partial charge is 0.506 e. The van der Waals surface area contributed by atoms with Crippen molar-refractivity contribution in [2.45, 2.75) is 4.90 Å². The highest BCUT2D eigenvalue weighted by Crippen LogP contribution is 2.41. The van der Waals surface area contributed by atoms with Crippen molar-refractivity contribution in [2.75, 3.05) is 5.32 Å². The first-order valence-electron chi connectivity index (χ1n) is 5.69. The zero-order chi connectivity index (χ0) is 14.1. The van der Waals surface area contributed by atoms with Gasteiger partial charge < -0.3 is 10.4 Å². The number of halogens is 2. The highest BCUT2D eigenvalue weighted by molar-refractivity contribution is 9.10. The standard InChI is InChI=1S/C13H9BrFN3OS/c14-7-5-10(19)12-11(6-7)20-18-13(17-12)16-9-4-2-1-3-8(9)15/h1-6,19H,(H2,16,17,18). The molecule has 0 aromatic heterocycles. The van der Waals surface area contributed by atoms with Gasteiger partial charge in [-0.1, -0.05) is 28.1 Å². The highest BCUT2D eigenvalue weighted by atomic mass is 79.9. The fraction of sp³-hybridized carbons (Fsp3) is 0. The van der Waals surface area contributed by atoms with Gasteiger partial charge in [-0.3, -0.25) is 4.72 Å². The van der Waals surface area contributed by atoms with E-state index in [1.54, 1.807) is 24.3 Å². The van der Waals surface area contributed by atoms with Crippen molar-refractivity contribution in [3.8, 4) is 5.75 Å². The van der Waals surface area contributed by atoms with Gasteiger partial charge in [0.1, 0.15) is 17.3 Å². The summed E-state index contributed by atoms with van der Waals surface area (Å²) in [6.45, 7) is 0. The molecule has 7 heteroatoms. The van der Waals surface area contributed by atoms with Crippen LogP contribution in [0.25, 0.3) is 0 Å². The first kappa shape index (κ1) is 13.3. The summed E-state index contributed by atoms with van der Waals surface area (Å²) in [5, 5.41) is 12.7. The van der Waals surface area contributed by atoms with Crippen LogP contribution in [0.1, 0.15) is 0 Å². The van der Waals surface area contributed by atoms with Crippen LogP contribution in [0.5, 0.6) is 5.75 Å². The summed E-state index contributed by atoms with van der Waals surface area (Å²) in [5.41, 5.74) is 0.773. The molecule has 0 aliphatic carbocycles. The number of phenolic OH excluding ortho intramolecular Hbond substituents is 1. The third kappa shape index (κ3) is 2.59. The van der Waals surface area contributed by atoms with Crippen LogP contribution in [-0.4, -0.2) is 11.1 Å². The summed E-state index contributed by atoms with van der Waals surface area (Å²) in [5.74, 6) is 0.0641. The highest BCUT2D eigenvalue weighted by Gasteiger charge is 2.17. The lowest BCUT2D eigenvalue weighted by atomic mass is 10.3. The average Bonchev–Trinajstić information content (AvgIpc) is 2.42. The van der Waals surface area contributed by atoms with Crippen molar-refractivity contribution >= 4 is 45.2 Å². The molecule has 0 radical (unpaired) electrons. The lowest BCUT2D eigenvalue weighted by molar-refractivity contribution is 0.475. The smallest absolute Gasteiger partial charge is 0.211 e. The van der Waals surface area contributed by atoms with Crippen molar-refractivity contribution in [2.24, 2.45) is 4.99 Å². The number of para-hydroxylation sites is 1. The number of benzene rings is 2. The first-order valence-corrected chi connectivity index (χ1v) is 7.30. The molecule has 3 N–H and O–H groups in total. The number of rotatable bonds is 1. The number of guanidine groups is 1. The zero-order valence-electron chi connectivity index (χ0n) is 10.0. The molecule has 0 saturated heterocycles. The molecule has 4 nitrogen and oxygen atoms in total. The van der Waals surface area contributed by atoms with Gasteiger partial charge in [0.25, 0.3) is 0 Å². The molecule has 1 heterocycles. The van der Waals surface area contributed by atoms with Crippen molar-refractivity contribution < 1.29 is 9.50 Å². The number of hydrogen-bond donors (Lipinski definition) is 3. The van der Waals surface area contributed by atoms with Gasteiger partial charge in [-0.05, 0) is 36.2 Å². The molecule has 0 bridgehead atoms. The molecule has 2 aromatic carbocycles. The molecule has 0 unspecified atom stereocenters. The molecule has 20 heavy (non-hydrogen) atoms. The van der Waals surface area contributed by atoms with E-state index in [1.807, 2.05) is 6.07 Å². The van der Waals surface area contributed by atoms with Crippen LogP contribution in [0.4, 0.5) is 15.8 Å². The summed E-state index contributed by atoms with van der Waals surface area (Å²) < 4.78 is 17.3. The number of phenols is 1. The van der Waals surface area contributed by atoms with E-state index in [4.69, 9.17) is 0 Å². The predicted octanol–water partition coefficient (Wildman–Crippen LogP) is 4.00. The lowest BCUT2D eigenvalue weighted by Crippen LogP contribution is -2.27. The lowest BCUT2D eigenvalue weighted by Gasteiger charge is -2.18. The van der Waals surface area contributed by atoms with Crippen LogP contribution < -0.4 is 10.0 Å². The van der Waals surface area contributed by atoms with E-state index in [9.17, 15) is 9.50 Å². The summed E-state index contributed by atoms with van der Waals surface area (Å²) in [6.07, 6.45) is 0. The Hall–Kier alpha value is -1.73. The minimum atomic E-state index is -0.368. The van der Waals surface area contributed by atoms with Crippen LogP contribution >= 0.6 is 27.9 Å². The fourth-order valence-corrected chi connectivity index (χ4v) is 3.07. The fourth-order valence-electron chi connectivity index (χ4n) is 1.73.